The second kappa shape index (κ2) is 5.30. The summed E-state index contributed by atoms with van der Waals surface area (Å²) >= 11 is 0. The maximum absolute atomic E-state index is 9.78. The highest BCUT2D eigenvalue weighted by Crippen LogP contribution is 2.26. The van der Waals surface area contributed by atoms with Crippen molar-refractivity contribution < 1.29 is 20.2 Å². The molecule has 0 radical (unpaired) electrons. The molecule has 0 amide bonds. The summed E-state index contributed by atoms with van der Waals surface area (Å²) in [4.78, 5) is 0. The van der Waals surface area contributed by atoms with Crippen LogP contribution in [0.5, 0.6) is 17.2 Å². The van der Waals surface area contributed by atoms with Crippen LogP contribution in [-0.2, 0) is 0 Å². The van der Waals surface area contributed by atoms with Gasteiger partial charge in [-0.1, -0.05) is 5.16 Å². The largest absolute Gasteiger partial charge is 0.508 e. The van der Waals surface area contributed by atoms with Crippen LogP contribution in [0.3, 0.4) is 0 Å². The first-order valence-electron chi connectivity index (χ1n) is 5.54. The minimum absolute atomic E-state index is 0.0618. The van der Waals surface area contributed by atoms with Gasteiger partial charge in [0.1, 0.15) is 23.0 Å². The summed E-state index contributed by atoms with van der Waals surface area (Å²) in [6.07, 6.45) is 0. The lowest BCUT2D eigenvalue weighted by Crippen LogP contribution is -2.03. The van der Waals surface area contributed by atoms with Gasteiger partial charge in [0, 0.05) is 17.2 Å². The molecule has 0 aliphatic carbocycles. The Hall–Kier alpha value is -2.69. The summed E-state index contributed by atoms with van der Waals surface area (Å²) in [6.45, 7) is 0. The molecule has 0 heterocycles. The average molecular weight is 259 g/mol. The van der Waals surface area contributed by atoms with E-state index in [-0.39, 0.29) is 17.2 Å². The summed E-state index contributed by atoms with van der Waals surface area (Å²) in [5.41, 5.74) is 1.15. The first-order chi connectivity index (χ1) is 9.15. The Kier molecular flexibility index (Phi) is 3.56. The Morgan fingerprint density at radius 2 is 1.74 bits per heavy atom. The van der Waals surface area contributed by atoms with Gasteiger partial charge in [-0.05, 0) is 36.4 Å². The van der Waals surface area contributed by atoms with Crippen molar-refractivity contribution in [3.63, 3.8) is 0 Å². The molecule has 0 saturated carbocycles. The van der Waals surface area contributed by atoms with E-state index in [2.05, 4.69) is 5.16 Å². The summed E-state index contributed by atoms with van der Waals surface area (Å²) in [5.74, 6) is 0.452. The van der Waals surface area contributed by atoms with E-state index in [4.69, 9.17) is 9.94 Å². The Bertz CT molecular complexity index is 605. The van der Waals surface area contributed by atoms with Gasteiger partial charge < -0.3 is 20.2 Å². The lowest BCUT2D eigenvalue weighted by atomic mass is 10.0. The number of benzene rings is 2. The monoisotopic (exact) mass is 259 g/mol. The molecule has 0 atom stereocenters. The van der Waals surface area contributed by atoms with E-state index < -0.39 is 0 Å². The minimum atomic E-state index is -0.163. The van der Waals surface area contributed by atoms with Crippen molar-refractivity contribution in [1.82, 2.24) is 0 Å². The molecular formula is C14H13NO4. The van der Waals surface area contributed by atoms with Gasteiger partial charge in [-0.3, -0.25) is 0 Å². The van der Waals surface area contributed by atoms with E-state index in [1.165, 1.54) is 18.2 Å². The molecule has 0 unspecified atom stereocenters. The number of methoxy groups -OCH3 is 1. The maximum atomic E-state index is 9.78. The highest BCUT2D eigenvalue weighted by molar-refractivity contribution is 6.14. The summed E-state index contributed by atoms with van der Waals surface area (Å²) in [5, 5.41) is 31.4. The van der Waals surface area contributed by atoms with Crippen LogP contribution < -0.4 is 4.74 Å². The predicted molar refractivity (Wildman–Crippen MR) is 70.2 cm³/mol. The average Bonchev–Trinajstić information content (AvgIpc) is 2.42. The molecule has 3 N–H and O–H groups in total. The van der Waals surface area contributed by atoms with E-state index in [1.54, 1.807) is 31.4 Å². The van der Waals surface area contributed by atoms with Crippen LogP contribution in [0.15, 0.2) is 47.6 Å². The molecule has 2 rings (SSSR count). The molecule has 98 valence electrons. The molecule has 2 aromatic carbocycles. The minimum Gasteiger partial charge on any atom is -0.508 e. The topological polar surface area (TPSA) is 82.3 Å². The third-order valence-corrected chi connectivity index (χ3v) is 2.70. The van der Waals surface area contributed by atoms with Crippen molar-refractivity contribution in [3.8, 4) is 17.2 Å². The Balaban J connectivity index is 2.44. The van der Waals surface area contributed by atoms with Crippen LogP contribution in [0.4, 0.5) is 0 Å². The number of rotatable bonds is 3. The van der Waals surface area contributed by atoms with Gasteiger partial charge in [-0.2, -0.15) is 0 Å². The molecule has 5 nitrogen and oxygen atoms in total. The molecule has 0 spiro atoms. The van der Waals surface area contributed by atoms with Gasteiger partial charge in [0.2, 0.25) is 0 Å². The second-order valence-electron chi connectivity index (χ2n) is 3.88. The fraction of sp³-hybridized carbons (Fsp3) is 0.0714. The van der Waals surface area contributed by atoms with E-state index in [1.807, 2.05) is 0 Å². The van der Waals surface area contributed by atoms with Crippen molar-refractivity contribution in [1.29, 1.82) is 0 Å². The predicted octanol–water partition coefficient (Wildman–Crippen LogP) is 2.33. The summed E-state index contributed by atoms with van der Waals surface area (Å²) < 4.78 is 5.04. The first kappa shape index (κ1) is 12.8. The summed E-state index contributed by atoms with van der Waals surface area (Å²) in [6, 6.07) is 10.9. The number of aromatic hydroxyl groups is 2. The van der Waals surface area contributed by atoms with Crippen molar-refractivity contribution in [2.24, 2.45) is 5.16 Å². The molecule has 2 aromatic rings. The van der Waals surface area contributed by atoms with E-state index in [0.717, 1.165) is 0 Å². The highest BCUT2D eigenvalue weighted by Gasteiger charge is 2.13. The normalized spacial score (nSPS) is 11.3. The fourth-order valence-electron chi connectivity index (χ4n) is 1.74. The van der Waals surface area contributed by atoms with E-state index in [9.17, 15) is 10.2 Å². The molecule has 0 aromatic heterocycles. The Labute approximate surface area is 110 Å². The zero-order chi connectivity index (χ0) is 13.8. The highest BCUT2D eigenvalue weighted by atomic mass is 16.5. The number of hydrogen-bond donors (Lipinski definition) is 3. The number of nitrogens with zero attached hydrogens (tertiary/aromatic N) is 1. The number of hydrogen-bond acceptors (Lipinski definition) is 5. The molecule has 5 heteroatoms. The zero-order valence-corrected chi connectivity index (χ0v) is 10.2. The van der Waals surface area contributed by atoms with Crippen LogP contribution in [0.25, 0.3) is 0 Å². The SMILES string of the molecule is COc1ccc(/C(=N\O)c2ccc(O)cc2O)cc1. The molecule has 0 fully saturated rings. The number of oxime groups is 1. The lowest BCUT2D eigenvalue weighted by Gasteiger charge is -2.08. The van der Waals surface area contributed by atoms with Crippen molar-refractivity contribution in [2.75, 3.05) is 7.11 Å². The molecule has 0 saturated heterocycles. The number of phenols is 2. The van der Waals surface area contributed by atoms with Gasteiger partial charge in [0.05, 0.1) is 7.11 Å². The summed E-state index contributed by atoms with van der Waals surface area (Å²) in [7, 11) is 1.56. The Morgan fingerprint density at radius 3 is 2.26 bits per heavy atom. The lowest BCUT2D eigenvalue weighted by molar-refractivity contribution is 0.319. The molecular weight excluding hydrogens is 246 g/mol. The van der Waals surface area contributed by atoms with Crippen molar-refractivity contribution >= 4 is 5.71 Å². The number of ether oxygens (including phenoxy) is 1. The molecule has 19 heavy (non-hydrogen) atoms. The number of phenolic OH excluding ortho intramolecular Hbond substituents is 2. The standard InChI is InChI=1S/C14H13NO4/c1-19-11-5-2-9(3-6-11)14(15-18)12-7-4-10(16)8-13(12)17/h2-8,16-18H,1H3/b15-14+. The molecule has 0 bridgehead atoms. The van der Waals surface area contributed by atoms with Gasteiger partial charge in [0.15, 0.2) is 0 Å². The smallest absolute Gasteiger partial charge is 0.128 e. The van der Waals surface area contributed by atoms with Gasteiger partial charge in [0.25, 0.3) is 0 Å². The fourth-order valence-corrected chi connectivity index (χ4v) is 1.74. The van der Waals surface area contributed by atoms with Crippen molar-refractivity contribution in [3.05, 3.63) is 53.6 Å². The molecule has 0 aliphatic rings. The van der Waals surface area contributed by atoms with Crippen LogP contribution in [0, 0.1) is 0 Å². The van der Waals surface area contributed by atoms with E-state index in [0.29, 0.717) is 16.9 Å². The zero-order valence-electron chi connectivity index (χ0n) is 10.2. The van der Waals surface area contributed by atoms with Gasteiger partial charge in [-0.25, -0.2) is 0 Å². The van der Waals surface area contributed by atoms with E-state index >= 15 is 0 Å². The first-order valence-corrected chi connectivity index (χ1v) is 5.54. The van der Waals surface area contributed by atoms with Crippen LogP contribution in [0.2, 0.25) is 0 Å². The second-order valence-corrected chi connectivity index (χ2v) is 3.88. The van der Waals surface area contributed by atoms with Gasteiger partial charge >= 0.3 is 0 Å². The quantitative estimate of drug-likeness (QED) is 0.449. The Morgan fingerprint density at radius 1 is 1.05 bits per heavy atom. The molecule has 0 aliphatic heterocycles. The van der Waals surface area contributed by atoms with Crippen LogP contribution in [0.1, 0.15) is 11.1 Å². The maximum Gasteiger partial charge on any atom is 0.128 e. The van der Waals surface area contributed by atoms with Crippen LogP contribution >= 0.6 is 0 Å². The third kappa shape index (κ3) is 2.60. The van der Waals surface area contributed by atoms with Gasteiger partial charge in [-0.15, -0.1) is 0 Å². The van der Waals surface area contributed by atoms with Crippen molar-refractivity contribution in [2.45, 2.75) is 0 Å². The van der Waals surface area contributed by atoms with Crippen LogP contribution in [-0.4, -0.2) is 28.2 Å². The third-order valence-electron chi connectivity index (χ3n) is 2.70.